The number of ether oxygens (including phenoxy) is 2. The summed E-state index contributed by atoms with van der Waals surface area (Å²) in [5.74, 6) is 0.990. The molecule has 0 bridgehead atoms. The Labute approximate surface area is 184 Å². The lowest BCUT2D eigenvalue weighted by molar-refractivity contribution is 0.0697. The van der Waals surface area contributed by atoms with E-state index in [-0.39, 0.29) is 19.0 Å². The number of sulfonamides is 1. The number of amides is 1. The topological polar surface area (TPSA) is 76.2 Å². The standard InChI is InChI=1S/C23H30N2O5S/c1-5-29-20-10-9-19(16-21(20)30-6-2)23(26)24-11-13-25(14-12-24)31(27,28)22-15-17(3)7-8-18(22)4/h7-10,15-16H,5-6,11-14H2,1-4H3. The molecule has 0 spiro atoms. The molecule has 0 radical (unpaired) electrons. The number of rotatable bonds is 7. The Morgan fingerprint density at radius 3 is 2.19 bits per heavy atom. The Bertz CT molecular complexity index is 1040. The lowest BCUT2D eigenvalue weighted by Crippen LogP contribution is -2.50. The number of hydrogen-bond acceptors (Lipinski definition) is 5. The van der Waals surface area contributed by atoms with Gasteiger partial charge in [-0.05, 0) is 63.1 Å². The Morgan fingerprint density at radius 1 is 0.903 bits per heavy atom. The number of carbonyl (C=O) groups is 1. The van der Waals surface area contributed by atoms with Crippen LogP contribution in [0, 0.1) is 13.8 Å². The van der Waals surface area contributed by atoms with Gasteiger partial charge in [0.05, 0.1) is 18.1 Å². The molecule has 0 aliphatic carbocycles. The molecule has 1 aliphatic heterocycles. The maximum Gasteiger partial charge on any atom is 0.254 e. The molecule has 0 atom stereocenters. The van der Waals surface area contributed by atoms with Gasteiger partial charge in [-0.3, -0.25) is 4.79 Å². The van der Waals surface area contributed by atoms with E-state index in [1.807, 2.05) is 32.9 Å². The molecule has 2 aromatic rings. The third-order valence-corrected chi connectivity index (χ3v) is 7.32. The highest BCUT2D eigenvalue weighted by Gasteiger charge is 2.31. The Morgan fingerprint density at radius 2 is 1.55 bits per heavy atom. The normalized spacial score (nSPS) is 15.0. The van der Waals surface area contributed by atoms with Gasteiger partial charge in [-0.2, -0.15) is 4.31 Å². The van der Waals surface area contributed by atoms with Crippen LogP contribution in [-0.2, 0) is 10.0 Å². The summed E-state index contributed by atoms with van der Waals surface area (Å²) in [6, 6.07) is 10.6. The van der Waals surface area contributed by atoms with Gasteiger partial charge >= 0.3 is 0 Å². The van der Waals surface area contributed by atoms with E-state index in [2.05, 4.69) is 0 Å². The van der Waals surface area contributed by atoms with Crippen molar-refractivity contribution in [2.45, 2.75) is 32.6 Å². The lowest BCUT2D eigenvalue weighted by atomic mass is 10.1. The summed E-state index contributed by atoms with van der Waals surface area (Å²) >= 11 is 0. The SMILES string of the molecule is CCOc1ccc(C(=O)N2CCN(S(=O)(=O)c3cc(C)ccc3C)CC2)cc1OCC. The third-order valence-electron chi connectivity index (χ3n) is 5.28. The van der Waals surface area contributed by atoms with Crippen molar-refractivity contribution in [3.8, 4) is 11.5 Å². The van der Waals surface area contributed by atoms with E-state index in [1.54, 1.807) is 36.1 Å². The molecule has 0 saturated carbocycles. The molecule has 2 aromatic carbocycles. The highest BCUT2D eigenvalue weighted by molar-refractivity contribution is 7.89. The van der Waals surface area contributed by atoms with Crippen LogP contribution >= 0.6 is 0 Å². The molecule has 31 heavy (non-hydrogen) atoms. The number of nitrogens with zero attached hydrogens (tertiary/aromatic N) is 2. The van der Waals surface area contributed by atoms with Crippen LogP contribution in [0.3, 0.4) is 0 Å². The predicted molar refractivity (Wildman–Crippen MR) is 119 cm³/mol. The van der Waals surface area contributed by atoms with Crippen molar-refractivity contribution in [2.75, 3.05) is 39.4 Å². The van der Waals surface area contributed by atoms with Crippen molar-refractivity contribution in [2.24, 2.45) is 0 Å². The molecule has 0 unspecified atom stereocenters. The molecular weight excluding hydrogens is 416 g/mol. The van der Waals surface area contributed by atoms with E-state index < -0.39 is 10.0 Å². The van der Waals surface area contributed by atoms with E-state index in [1.165, 1.54) is 4.31 Å². The molecule has 8 heteroatoms. The van der Waals surface area contributed by atoms with Gasteiger partial charge in [0, 0.05) is 31.7 Å². The van der Waals surface area contributed by atoms with Crippen LogP contribution in [-0.4, -0.2) is 62.9 Å². The molecule has 0 N–H and O–H groups in total. The van der Waals surface area contributed by atoms with Gasteiger partial charge in [0.1, 0.15) is 0 Å². The molecule has 1 amide bonds. The first kappa shape index (κ1) is 23.1. The second kappa shape index (κ2) is 9.70. The van der Waals surface area contributed by atoms with Gasteiger partial charge in [-0.1, -0.05) is 12.1 Å². The van der Waals surface area contributed by atoms with Crippen LogP contribution in [0.4, 0.5) is 0 Å². The minimum Gasteiger partial charge on any atom is -0.490 e. The average molecular weight is 447 g/mol. The van der Waals surface area contributed by atoms with E-state index in [0.29, 0.717) is 48.3 Å². The summed E-state index contributed by atoms with van der Waals surface area (Å²) in [6.07, 6.45) is 0. The molecule has 1 heterocycles. The lowest BCUT2D eigenvalue weighted by Gasteiger charge is -2.34. The third kappa shape index (κ3) is 5.02. The first-order valence-electron chi connectivity index (χ1n) is 10.5. The first-order valence-corrected chi connectivity index (χ1v) is 12.0. The Hall–Kier alpha value is -2.58. The minimum absolute atomic E-state index is 0.146. The highest BCUT2D eigenvalue weighted by Crippen LogP contribution is 2.29. The van der Waals surface area contributed by atoms with Gasteiger partial charge in [-0.25, -0.2) is 8.42 Å². The summed E-state index contributed by atoms with van der Waals surface area (Å²) < 4.78 is 38.9. The quantitative estimate of drug-likeness (QED) is 0.653. The highest BCUT2D eigenvalue weighted by atomic mass is 32.2. The summed E-state index contributed by atoms with van der Waals surface area (Å²) in [4.78, 5) is 15.0. The second-order valence-electron chi connectivity index (χ2n) is 7.49. The van der Waals surface area contributed by atoms with Crippen molar-refractivity contribution in [1.29, 1.82) is 0 Å². The molecule has 1 saturated heterocycles. The zero-order chi connectivity index (χ0) is 22.6. The molecule has 7 nitrogen and oxygen atoms in total. The van der Waals surface area contributed by atoms with Crippen LogP contribution in [0.25, 0.3) is 0 Å². The summed E-state index contributed by atoms with van der Waals surface area (Å²) in [5.41, 5.74) is 2.12. The van der Waals surface area contributed by atoms with Gasteiger partial charge in [0.25, 0.3) is 5.91 Å². The fourth-order valence-corrected chi connectivity index (χ4v) is 5.35. The maximum atomic E-state index is 13.1. The zero-order valence-electron chi connectivity index (χ0n) is 18.6. The molecular formula is C23H30N2O5S. The van der Waals surface area contributed by atoms with Crippen molar-refractivity contribution >= 4 is 15.9 Å². The van der Waals surface area contributed by atoms with E-state index in [4.69, 9.17) is 9.47 Å². The summed E-state index contributed by atoms with van der Waals surface area (Å²) in [7, 11) is -3.60. The Balaban J connectivity index is 1.72. The van der Waals surface area contributed by atoms with Gasteiger partial charge in [0.2, 0.25) is 10.0 Å². The smallest absolute Gasteiger partial charge is 0.254 e. The van der Waals surface area contributed by atoms with Crippen molar-refractivity contribution in [3.63, 3.8) is 0 Å². The van der Waals surface area contributed by atoms with Gasteiger partial charge in [-0.15, -0.1) is 0 Å². The van der Waals surface area contributed by atoms with Crippen LogP contribution < -0.4 is 9.47 Å². The number of carbonyl (C=O) groups excluding carboxylic acids is 1. The van der Waals surface area contributed by atoms with Crippen molar-refractivity contribution in [3.05, 3.63) is 53.1 Å². The van der Waals surface area contributed by atoms with Crippen LogP contribution in [0.5, 0.6) is 11.5 Å². The molecule has 1 aliphatic rings. The number of aryl methyl sites for hydroxylation is 2. The van der Waals surface area contributed by atoms with Gasteiger partial charge < -0.3 is 14.4 Å². The Kier molecular flexibility index (Phi) is 7.23. The van der Waals surface area contributed by atoms with Gasteiger partial charge in [0.15, 0.2) is 11.5 Å². The predicted octanol–water partition coefficient (Wildman–Crippen LogP) is 3.25. The molecule has 3 rings (SSSR count). The molecule has 168 valence electrons. The average Bonchev–Trinajstić information content (AvgIpc) is 2.76. The zero-order valence-corrected chi connectivity index (χ0v) is 19.4. The number of piperazine rings is 1. The minimum atomic E-state index is -3.60. The largest absolute Gasteiger partial charge is 0.490 e. The molecule has 0 aromatic heterocycles. The monoisotopic (exact) mass is 446 g/mol. The number of hydrogen-bond donors (Lipinski definition) is 0. The fraction of sp³-hybridized carbons (Fsp3) is 0.435. The van der Waals surface area contributed by atoms with Crippen LogP contribution in [0.1, 0.15) is 35.3 Å². The van der Waals surface area contributed by atoms with Crippen LogP contribution in [0.15, 0.2) is 41.3 Å². The van der Waals surface area contributed by atoms with E-state index in [9.17, 15) is 13.2 Å². The summed E-state index contributed by atoms with van der Waals surface area (Å²) in [5, 5.41) is 0. The molecule has 1 fully saturated rings. The second-order valence-corrected chi connectivity index (χ2v) is 9.40. The number of benzene rings is 2. The van der Waals surface area contributed by atoms with E-state index >= 15 is 0 Å². The fourth-order valence-electron chi connectivity index (χ4n) is 3.62. The maximum absolute atomic E-state index is 13.1. The van der Waals surface area contributed by atoms with Crippen molar-refractivity contribution in [1.82, 2.24) is 9.21 Å². The summed E-state index contributed by atoms with van der Waals surface area (Å²) in [6.45, 7) is 9.60. The van der Waals surface area contributed by atoms with E-state index in [0.717, 1.165) is 11.1 Å². The van der Waals surface area contributed by atoms with Crippen LogP contribution in [0.2, 0.25) is 0 Å². The van der Waals surface area contributed by atoms with Crippen molar-refractivity contribution < 1.29 is 22.7 Å². The first-order chi connectivity index (χ1) is 14.8.